The number of nitrogens with one attached hydrogen (secondary N) is 1. The Balaban J connectivity index is 1.62. The van der Waals surface area contributed by atoms with E-state index in [9.17, 15) is 9.59 Å². The molecule has 0 saturated carbocycles. The first kappa shape index (κ1) is 18.8. The minimum Gasteiger partial charge on any atom is -0.354 e. The topological polar surface area (TPSA) is 81.8 Å². The summed E-state index contributed by atoms with van der Waals surface area (Å²) < 4.78 is 3.35. The number of rotatable bonds is 7. The van der Waals surface area contributed by atoms with E-state index in [1.54, 1.807) is 0 Å². The Bertz CT molecular complexity index is 1020. The molecule has 3 aromatic rings. The van der Waals surface area contributed by atoms with Crippen molar-refractivity contribution in [2.24, 2.45) is 0 Å². The highest BCUT2D eigenvalue weighted by atomic mass is 16.1. The van der Waals surface area contributed by atoms with Crippen LogP contribution in [-0.2, 0) is 24.3 Å². The molecule has 0 unspecified atom stereocenters. The molecule has 2 aromatic heterocycles. The maximum absolute atomic E-state index is 12.4. The summed E-state index contributed by atoms with van der Waals surface area (Å²) in [5, 5.41) is 13.2. The van der Waals surface area contributed by atoms with Crippen molar-refractivity contribution >= 4 is 16.7 Å². The molecule has 7 heteroatoms. The number of hydrogen-bond acceptors (Lipinski definition) is 4. The van der Waals surface area contributed by atoms with Gasteiger partial charge in [0.05, 0.1) is 23.3 Å². The van der Waals surface area contributed by atoms with Crippen molar-refractivity contribution in [3.8, 4) is 0 Å². The molecule has 0 radical (unpaired) electrons. The number of amides is 1. The Morgan fingerprint density at radius 2 is 1.85 bits per heavy atom. The Kier molecular flexibility index (Phi) is 5.69. The molecule has 3 rings (SSSR count). The summed E-state index contributed by atoms with van der Waals surface area (Å²) >= 11 is 0. The van der Waals surface area contributed by atoms with Gasteiger partial charge >= 0.3 is 0 Å². The lowest BCUT2D eigenvalue weighted by atomic mass is 10.1. The Morgan fingerprint density at radius 3 is 2.52 bits per heavy atom. The molecule has 0 aliphatic heterocycles. The monoisotopic (exact) mass is 367 g/mol. The zero-order valence-electron chi connectivity index (χ0n) is 16.0. The van der Waals surface area contributed by atoms with Crippen LogP contribution in [0.5, 0.6) is 0 Å². The van der Waals surface area contributed by atoms with Crippen molar-refractivity contribution in [2.45, 2.75) is 46.7 Å². The lowest BCUT2D eigenvalue weighted by molar-refractivity contribution is -0.121. The fourth-order valence-corrected chi connectivity index (χ4v) is 3.23. The van der Waals surface area contributed by atoms with E-state index >= 15 is 0 Å². The second-order valence-electron chi connectivity index (χ2n) is 6.61. The van der Waals surface area contributed by atoms with Gasteiger partial charge in [-0.1, -0.05) is 18.2 Å². The number of hydrogen-bond donors (Lipinski definition) is 1. The number of fused-ring (bicyclic) bond motifs is 1. The fraction of sp³-hybridized carbons (Fsp3) is 0.400. The number of benzene rings is 1. The molecule has 2 heterocycles. The van der Waals surface area contributed by atoms with Crippen LogP contribution in [0.15, 0.2) is 35.1 Å². The van der Waals surface area contributed by atoms with E-state index in [1.807, 2.05) is 55.8 Å². The maximum Gasteiger partial charge on any atom is 0.274 e. The normalized spacial score (nSPS) is 11.1. The third kappa shape index (κ3) is 4.24. The van der Waals surface area contributed by atoms with Crippen LogP contribution < -0.4 is 10.9 Å². The van der Waals surface area contributed by atoms with Crippen LogP contribution in [0, 0.1) is 13.8 Å². The molecule has 0 bridgehead atoms. The van der Waals surface area contributed by atoms with E-state index < -0.39 is 0 Å². The van der Waals surface area contributed by atoms with Crippen LogP contribution in [0.4, 0.5) is 0 Å². The molecule has 1 aromatic carbocycles. The van der Waals surface area contributed by atoms with Crippen LogP contribution in [-0.4, -0.2) is 32.0 Å². The summed E-state index contributed by atoms with van der Waals surface area (Å²) in [4.78, 5) is 24.6. The molecule has 0 fully saturated rings. The van der Waals surface area contributed by atoms with Crippen LogP contribution >= 0.6 is 0 Å². The van der Waals surface area contributed by atoms with E-state index in [4.69, 9.17) is 0 Å². The lowest BCUT2D eigenvalue weighted by Gasteiger charge is -2.10. The van der Waals surface area contributed by atoms with Gasteiger partial charge in [-0.2, -0.15) is 10.2 Å². The molecular formula is C20H25N5O2. The van der Waals surface area contributed by atoms with Gasteiger partial charge in [0.15, 0.2) is 0 Å². The second-order valence-corrected chi connectivity index (χ2v) is 6.61. The molecule has 27 heavy (non-hydrogen) atoms. The van der Waals surface area contributed by atoms with E-state index in [-0.39, 0.29) is 11.5 Å². The van der Waals surface area contributed by atoms with Crippen molar-refractivity contribution in [1.82, 2.24) is 24.9 Å². The summed E-state index contributed by atoms with van der Waals surface area (Å²) in [6.07, 6.45) is 0.822. The molecule has 0 aliphatic rings. The Morgan fingerprint density at radius 1 is 1.11 bits per heavy atom. The molecule has 0 aliphatic carbocycles. The molecule has 142 valence electrons. The third-order valence-electron chi connectivity index (χ3n) is 4.58. The second kappa shape index (κ2) is 8.16. The van der Waals surface area contributed by atoms with E-state index in [1.165, 1.54) is 4.68 Å². The van der Waals surface area contributed by atoms with Crippen LogP contribution in [0.25, 0.3) is 10.8 Å². The van der Waals surface area contributed by atoms with Gasteiger partial charge < -0.3 is 5.32 Å². The van der Waals surface area contributed by atoms with Gasteiger partial charge in [0.2, 0.25) is 5.91 Å². The maximum atomic E-state index is 12.4. The molecule has 1 amide bonds. The summed E-state index contributed by atoms with van der Waals surface area (Å²) in [6, 6.07) is 9.45. The molecule has 1 N–H and O–H groups in total. The van der Waals surface area contributed by atoms with Crippen LogP contribution in [0.2, 0.25) is 0 Å². The summed E-state index contributed by atoms with van der Waals surface area (Å²) in [7, 11) is 0. The third-order valence-corrected chi connectivity index (χ3v) is 4.58. The zero-order valence-corrected chi connectivity index (χ0v) is 16.0. The largest absolute Gasteiger partial charge is 0.354 e. The Hall–Kier alpha value is -2.96. The van der Waals surface area contributed by atoms with Crippen molar-refractivity contribution in [3.05, 3.63) is 57.8 Å². The van der Waals surface area contributed by atoms with Crippen LogP contribution in [0.1, 0.15) is 30.4 Å². The first-order valence-corrected chi connectivity index (χ1v) is 9.26. The first-order chi connectivity index (χ1) is 13.0. The van der Waals surface area contributed by atoms with Crippen molar-refractivity contribution < 1.29 is 4.79 Å². The molecule has 0 spiro atoms. The quantitative estimate of drug-likeness (QED) is 0.692. The van der Waals surface area contributed by atoms with E-state index in [0.29, 0.717) is 37.9 Å². The van der Waals surface area contributed by atoms with E-state index in [2.05, 4.69) is 15.5 Å². The number of carbonyl (C=O) groups excluding carboxylic acids is 1. The molecule has 7 nitrogen and oxygen atoms in total. The van der Waals surface area contributed by atoms with E-state index in [0.717, 1.165) is 22.5 Å². The zero-order chi connectivity index (χ0) is 19.4. The minimum atomic E-state index is -0.0915. The first-order valence-electron chi connectivity index (χ1n) is 9.26. The van der Waals surface area contributed by atoms with Crippen molar-refractivity contribution in [1.29, 1.82) is 0 Å². The lowest BCUT2D eigenvalue weighted by Crippen LogP contribution is -2.28. The van der Waals surface area contributed by atoms with Gasteiger partial charge in [-0.15, -0.1) is 0 Å². The Labute approximate surface area is 158 Å². The number of aryl methyl sites for hydroxylation is 4. The number of nitrogens with zero attached hydrogens (tertiary/aromatic N) is 4. The van der Waals surface area contributed by atoms with Gasteiger partial charge in [0.1, 0.15) is 0 Å². The highest BCUT2D eigenvalue weighted by Crippen LogP contribution is 2.14. The predicted molar refractivity (Wildman–Crippen MR) is 105 cm³/mol. The summed E-state index contributed by atoms with van der Waals surface area (Å²) in [5.41, 5.74) is 2.74. The highest BCUT2D eigenvalue weighted by Gasteiger charge is 2.11. The van der Waals surface area contributed by atoms with Crippen molar-refractivity contribution in [2.75, 3.05) is 6.54 Å². The average molecular weight is 367 g/mol. The summed E-state index contributed by atoms with van der Waals surface area (Å²) in [6.45, 7) is 7.53. The average Bonchev–Trinajstić information content (AvgIpc) is 2.98. The van der Waals surface area contributed by atoms with Gasteiger partial charge in [0, 0.05) is 37.0 Å². The molecular weight excluding hydrogens is 342 g/mol. The van der Waals surface area contributed by atoms with Crippen LogP contribution in [0.3, 0.4) is 0 Å². The highest BCUT2D eigenvalue weighted by molar-refractivity contribution is 5.84. The minimum absolute atomic E-state index is 0.0309. The molecule has 0 atom stereocenters. The standard InChI is InChI=1S/C20H25N5O2/c1-4-24-20(27)17-8-6-5-7-16(17)18(23-24)9-10-19(26)21-11-12-25-15(3)13-14(2)22-25/h5-8,13H,4,9-12H2,1-3H3,(H,21,26). The van der Waals surface area contributed by atoms with Gasteiger partial charge in [-0.25, -0.2) is 4.68 Å². The van der Waals surface area contributed by atoms with Gasteiger partial charge in [-0.05, 0) is 32.9 Å². The predicted octanol–water partition coefficient (Wildman–Crippen LogP) is 1.98. The number of aromatic nitrogens is 4. The van der Waals surface area contributed by atoms with Crippen molar-refractivity contribution in [3.63, 3.8) is 0 Å². The fourth-order valence-electron chi connectivity index (χ4n) is 3.23. The van der Waals surface area contributed by atoms with Gasteiger partial charge in [-0.3, -0.25) is 14.3 Å². The molecule has 0 saturated heterocycles. The number of carbonyl (C=O) groups is 1. The smallest absolute Gasteiger partial charge is 0.274 e. The summed E-state index contributed by atoms with van der Waals surface area (Å²) in [5.74, 6) is -0.0309. The van der Waals surface area contributed by atoms with Gasteiger partial charge in [0.25, 0.3) is 5.56 Å². The SMILES string of the molecule is CCn1nc(CCC(=O)NCCn2nc(C)cc2C)c2ccccc2c1=O.